The molecule has 0 atom stereocenters. The fourth-order valence-electron chi connectivity index (χ4n) is 3.00. The molecule has 1 aromatic heterocycles. The maximum atomic E-state index is 13.2. The third-order valence-corrected chi connectivity index (χ3v) is 4.63. The average Bonchev–Trinajstić information content (AvgIpc) is 3.07. The number of likely N-dealkylation sites (tertiary alicyclic amines) is 1. The van der Waals surface area contributed by atoms with Gasteiger partial charge in [0.2, 0.25) is 0 Å². The van der Waals surface area contributed by atoms with Crippen LogP contribution in [0.2, 0.25) is 0 Å². The first-order valence-electron chi connectivity index (χ1n) is 9.07. The van der Waals surface area contributed by atoms with Crippen molar-refractivity contribution < 1.29 is 9.13 Å². The Hall–Kier alpha value is -1.88. The molecule has 0 aliphatic carbocycles. The van der Waals surface area contributed by atoms with Crippen molar-refractivity contribution in [2.24, 2.45) is 0 Å². The molecule has 0 saturated carbocycles. The molecule has 1 saturated heterocycles. The normalized spacial score (nSPS) is 17.0. The van der Waals surface area contributed by atoms with Crippen LogP contribution in [0, 0.1) is 0 Å². The molecule has 1 fully saturated rings. The van der Waals surface area contributed by atoms with Crippen LogP contribution in [0.4, 0.5) is 4.39 Å². The molecular weight excluding hydrogens is 317 g/mol. The highest BCUT2D eigenvalue weighted by atomic mass is 19.1. The topological polar surface area (TPSA) is 30.3 Å². The molecule has 0 amide bonds. The van der Waals surface area contributed by atoms with E-state index in [1.165, 1.54) is 0 Å². The zero-order chi connectivity index (χ0) is 17.9. The van der Waals surface area contributed by atoms with Crippen LogP contribution in [-0.2, 0) is 5.41 Å². The molecule has 25 heavy (non-hydrogen) atoms. The molecule has 136 valence electrons. The first-order chi connectivity index (χ1) is 11.9. The fraction of sp³-hybridized carbons (Fsp3) is 0.550. The van der Waals surface area contributed by atoms with Crippen molar-refractivity contribution >= 4 is 0 Å². The number of aromatic nitrogens is 2. The fourth-order valence-corrected chi connectivity index (χ4v) is 3.00. The van der Waals surface area contributed by atoms with Crippen LogP contribution in [0.5, 0.6) is 5.75 Å². The number of alkyl halides is 1. The lowest BCUT2D eigenvalue weighted by Crippen LogP contribution is -2.37. The van der Waals surface area contributed by atoms with Crippen LogP contribution in [-0.4, -0.2) is 47.1 Å². The Bertz CT molecular complexity index is 684. The summed E-state index contributed by atoms with van der Waals surface area (Å²) in [4.78, 5) is 2.27. The number of hydrogen-bond donors (Lipinski definition) is 0. The molecule has 1 aromatic carbocycles. The van der Waals surface area contributed by atoms with E-state index in [2.05, 4.69) is 36.8 Å². The maximum Gasteiger partial charge on any atom is 0.121 e. The minimum absolute atomic E-state index is 0.0341. The number of halogens is 1. The molecule has 1 aliphatic heterocycles. The second kappa shape index (κ2) is 7.56. The highest BCUT2D eigenvalue weighted by Gasteiger charge is 2.18. The molecule has 0 bridgehead atoms. The van der Waals surface area contributed by atoms with E-state index in [1.807, 2.05) is 35.1 Å². The molecule has 2 aromatic rings. The zero-order valence-corrected chi connectivity index (χ0v) is 15.4. The lowest BCUT2D eigenvalue weighted by Gasteiger charge is -2.28. The van der Waals surface area contributed by atoms with Crippen LogP contribution in [0.15, 0.2) is 36.5 Å². The Balaban J connectivity index is 1.57. The summed E-state index contributed by atoms with van der Waals surface area (Å²) in [5, 5.41) is 4.67. The van der Waals surface area contributed by atoms with Crippen molar-refractivity contribution in [2.45, 2.75) is 45.2 Å². The van der Waals surface area contributed by atoms with Gasteiger partial charge < -0.3 is 4.74 Å². The average molecular weight is 345 g/mol. The molecule has 0 N–H and O–H groups in total. The van der Waals surface area contributed by atoms with Crippen molar-refractivity contribution in [2.75, 3.05) is 26.2 Å². The number of rotatable bonds is 5. The van der Waals surface area contributed by atoms with E-state index in [0.717, 1.165) is 36.8 Å². The van der Waals surface area contributed by atoms with E-state index in [9.17, 15) is 4.39 Å². The summed E-state index contributed by atoms with van der Waals surface area (Å²) in [6, 6.07) is 10.0. The second-order valence-corrected chi connectivity index (χ2v) is 7.76. The zero-order valence-electron chi connectivity index (χ0n) is 15.4. The van der Waals surface area contributed by atoms with Crippen molar-refractivity contribution in [1.82, 2.24) is 14.7 Å². The minimum Gasteiger partial charge on any atom is -0.492 e. The summed E-state index contributed by atoms with van der Waals surface area (Å²) in [6.07, 6.45) is 2.65. The third kappa shape index (κ3) is 4.82. The molecule has 0 unspecified atom stereocenters. The monoisotopic (exact) mass is 345 g/mol. The lowest BCUT2D eigenvalue weighted by atomic mass is 9.93. The Morgan fingerprint density at radius 3 is 2.64 bits per heavy atom. The van der Waals surface area contributed by atoms with Gasteiger partial charge in [-0.3, -0.25) is 4.90 Å². The molecule has 4 nitrogen and oxygen atoms in total. The molecule has 2 heterocycles. The highest BCUT2D eigenvalue weighted by molar-refractivity contribution is 5.39. The largest absolute Gasteiger partial charge is 0.492 e. The van der Waals surface area contributed by atoms with Crippen molar-refractivity contribution in [3.8, 4) is 11.4 Å². The first-order valence-corrected chi connectivity index (χ1v) is 9.07. The number of hydrogen-bond acceptors (Lipinski definition) is 3. The van der Waals surface area contributed by atoms with Gasteiger partial charge >= 0.3 is 0 Å². The Morgan fingerprint density at radius 2 is 1.96 bits per heavy atom. The molecular formula is C20H28FN3O. The number of benzene rings is 1. The van der Waals surface area contributed by atoms with Gasteiger partial charge in [-0.25, -0.2) is 9.07 Å². The lowest BCUT2D eigenvalue weighted by molar-refractivity contribution is 0.132. The standard InChI is InChI=1S/C20H28FN3O/c1-20(2,3)19-9-12-24(22-19)17-5-4-6-18(15-17)25-14-13-23-10-7-16(21)8-11-23/h4-6,9,12,15-16H,7-8,10-11,13-14H2,1-3H3. The Morgan fingerprint density at radius 1 is 1.20 bits per heavy atom. The van der Waals surface area contributed by atoms with Gasteiger partial charge in [0, 0.05) is 37.3 Å². The molecule has 5 heteroatoms. The van der Waals surface area contributed by atoms with Gasteiger partial charge in [0.15, 0.2) is 0 Å². The van der Waals surface area contributed by atoms with Gasteiger partial charge in [-0.1, -0.05) is 26.8 Å². The smallest absolute Gasteiger partial charge is 0.121 e. The van der Waals surface area contributed by atoms with Crippen LogP contribution < -0.4 is 4.74 Å². The number of nitrogens with zero attached hydrogens (tertiary/aromatic N) is 3. The van der Waals surface area contributed by atoms with E-state index >= 15 is 0 Å². The summed E-state index contributed by atoms with van der Waals surface area (Å²) >= 11 is 0. The van der Waals surface area contributed by atoms with Gasteiger partial charge in [-0.05, 0) is 31.0 Å². The van der Waals surface area contributed by atoms with Gasteiger partial charge in [0.25, 0.3) is 0 Å². The molecule has 1 aliphatic rings. The summed E-state index contributed by atoms with van der Waals surface area (Å²) in [5.41, 5.74) is 2.09. The number of piperidine rings is 1. The molecule has 0 radical (unpaired) electrons. The van der Waals surface area contributed by atoms with E-state index < -0.39 is 6.17 Å². The summed E-state index contributed by atoms with van der Waals surface area (Å²) in [7, 11) is 0. The van der Waals surface area contributed by atoms with Crippen molar-refractivity contribution in [3.05, 3.63) is 42.2 Å². The van der Waals surface area contributed by atoms with E-state index in [-0.39, 0.29) is 5.41 Å². The van der Waals surface area contributed by atoms with Gasteiger partial charge in [-0.2, -0.15) is 5.10 Å². The Kier molecular flexibility index (Phi) is 5.42. The summed E-state index contributed by atoms with van der Waals surface area (Å²) < 4.78 is 20.9. The Labute approximate surface area is 149 Å². The van der Waals surface area contributed by atoms with E-state index in [0.29, 0.717) is 19.4 Å². The van der Waals surface area contributed by atoms with Crippen LogP contribution in [0.1, 0.15) is 39.3 Å². The third-order valence-electron chi connectivity index (χ3n) is 4.63. The summed E-state index contributed by atoms with van der Waals surface area (Å²) in [6.45, 7) is 9.58. The van der Waals surface area contributed by atoms with E-state index in [1.54, 1.807) is 0 Å². The summed E-state index contributed by atoms with van der Waals surface area (Å²) in [5.74, 6) is 0.839. The quantitative estimate of drug-likeness (QED) is 0.821. The predicted octanol–water partition coefficient (Wildman–Crippen LogP) is 3.98. The maximum absolute atomic E-state index is 13.2. The molecule has 3 rings (SSSR count). The SMILES string of the molecule is CC(C)(C)c1ccn(-c2cccc(OCCN3CCC(F)CC3)c2)n1. The minimum atomic E-state index is -0.624. The number of ether oxygens (including phenoxy) is 1. The van der Waals surface area contributed by atoms with Crippen LogP contribution in [0.25, 0.3) is 5.69 Å². The van der Waals surface area contributed by atoms with Crippen molar-refractivity contribution in [1.29, 1.82) is 0 Å². The predicted molar refractivity (Wildman–Crippen MR) is 98.3 cm³/mol. The first kappa shape index (κ1) is 17.9. The molecule has 0 spiro atoms. The van der Waals surface area contributed by atoms with Gasteiger partial charge in [-0.15, -0.1) is 0 Å². The highest BCUT2D eigenvalue weighted by Crippen LogP contribution is 2.22. The van der Waals surface area contributed by atoms with E-state index in [4.69, 9.17) is 4.74 Å². The van der Waals surface area contributed by atoms with Gasteiger partial charge in [0.1, 0.15) is 18.5 Å². The van der Waals surface area contributed by atoms with Crippen LogP contribution in [0.3, 0.4) is 0 Å². The van der Waals surface area contributed by atoms with Crippen LogP contribution >= 0.6 is 0 Å². The second-order valence-electron chi connectivity index (χ2n) is 7.76. The van der Waals surface area contributed by atoms with Gasteiger partial charge in [0.05, 0.1) is 11.4 Å². The van der Waals surface area contributed by atoms with Crippen molar-refractivity contribution in [3.63, 3.8) is 0 Å².